The Kier molecular flexibility index (Phi) is 8.07. The minimum absolute atomic E-state index is 0.772. The van der Waals surface area contributed by atoms with E-state index in [9.17, 15) is 0 Å². The molecule has 9 aromatic rings. The Morgan fingerprint density at radius 1 is 0.558 bits per heavy atom. The van der Waals surface area contributed by atoms with Gasteiger partial charge in [0, 0.05) is 50.4 Å². The van der Waals surface area contributed by atoms with Gasteiger partial charge in [-0.1, -0.05) is 158 Å². The van der Waals surface area contributed by atoms with E-state index in [1.54, 1.807) is 0 Å². The van der Waals surface area contributed by atoms with Gasteiger partial charge in [0.2, 0.25) is 0 Å². The first-order chi connectivity index (χ1) is 25.7. The summed E-state index contributed by atoms with van der Waals surface area (Å²) < 4.78 is 8.98. The van der Waals surface area contributed by atoms with Crippen LogP contribution in [-0.2, 0) is 6.54 Å². The average Bonchev–Trinajstić information content (AvgIpc) is 3.75. The van der Waals surface area contributed by atoms with Crippen LogP contribution in [0.5, 0.6) is 0 Å². The zero-order chi connectivity index (χ0) is 34.9. The molecule has 2 aromatic heterocycles. The van der Waals surface area contributed by atoms with Crippen molar-refractivity contribution in [3.05, 3.63) is 206 Å². The van der Waals surface area contributed by atoms with E-state index in [1.807, 2.05) is 12.1 Å². The van der Waals surface area contributed by atoms with Crippen molar-refractivity contribution in [2.24, 2.45) is 0 Å². The van der Waals surface area contributed by atoms with Crippen molar-refractivity contribution < 1.29 is 4.42 Å². The molecular formula is C49H36N2O. The number of benzene rings is 7. The first-order valence-electron chi connectivity index (χ1n) is 17.7. The molecule has 0 fully saturated rings. The molecule has 0 spiro atoms. The average molecular weight is 669 g/mol. The van der Waals surface area contributed by atoms with Crippen molar-refractivity contribution in [2.75, 3.05) is 4.90 Å². The number of allylic oxidation sites excluding steroid dienone is 5. The molecule has 0 saturated heterocycles. The lowest BCUT2D eigenvalue weighted by molar-refractivity contribution is 0.669. The summed E-state index contributed by atoms with van der Waals surface area (Å²) in [5.74, 6) is 0. The van der Waals surface area contributed by atoms with Crippen LogP contribution in [0, 0.1) is 0 Å². The molecule has 0 aliphatic rings. The van der Waals surface area contributed by atoms with Crippen molar-refractivity contribution in [2.45, 2.75) is 6.54 Å². The molecule has 3 nitrogen and oxygen atoms in total. The molecule has 9 rings (SSSR count). The van der Waals surface area contributed by atoms with Crippen molar-refractivity contribution in [1.29, 1.82) is 0 Å². The van der Waals surface area contributed by atoms with Crippen LogP contribution >= 0.6 is 0 Å². The minimum atomic E-state index is 0.772. The van der Waals surface area contributed by atoms with Gasteiger partial charge in [0.05, 0.1) is 11.4 Å². The minimum Gasteiger partial charge on any atom is -0.454 e. The zero-order valence-corrected chi connectivity index (χ0v) is 28.7. The molecule has 7 aromatic carbocycles. The molecule has 0 radical (unpaired) electrons. The molecule has 0 N–H and O–H groups in total. The van der Waals surface area contributed by atoms with E-state index in [4.69, 9.17) is 4.42 Å². The van der Waals surface area contributed by atoms with Crippen molar-refractivity contribution in [1.82, 2.24) is 4.57 Å². The summed E-state index contributed by atoms with van der Waals surface area (Å²) in [6.45, 7) is 5.34. The fourth-order valence-corrected chi connectivity index (χ4v) is 7.42. The van der Waals surface area contributed by atoms with Crippen molar-refractivity contribution >= 4 is 66.4 Å². The van der Waals surface area contributed by atoms with Gasteiger partial charge in [0.25, 0.3) is 0 Å². The highest BCUT2D eigenvalue weighted by Crippen LogP contribution is 2.45. The molecular weight excluding hydrogens is 633 g/mol. The summed E-state index contributed by atoms with van der Waals surface area (Å²) in [4.78, 5) is 2.31. The van der Waals surface area contributed by atoms with Gasteiger partial charge in [-0.3, -0.25) is 0 Å². The molecule has 0 unspecified atom stereocenters. The van der Waals surface area contributed by atoms with Crippen LogP contribution in [0.2, 0.25) is 0 Å². The number of nitrogens with zero attached hydrogens (tertiary/aromatic N) is 2. The fourth-order valence-electron chi connectivity index (χ4n) is 7.42. The molecule has 248 valence electrons. The number of aromatic nitrogens is 1. The first kappa shape index (κ1) is 31.2. The second-order valence-corrected chi connectivity index (χ2v) is 13.0. The van der Waals surface area contributed by atoms with Crippen molar-refractivity contribution in [3.8, 4) is 11.1 Å². The summed E-state index contributed by atoms with van der Waals surface area (Å²) in [5.41, 5.74) is 11.5. The van der Waals surface area contributed by atoms with E-state index in [2.05, 4.69) is 198 Å². The number of rotatable bonds is 9. The highest BCUT2D eigenvalue weighted by Gasteiger charge is 2.22. The molecule has 0 amide bonds. The van der Waals surface area contributed by atoms with E-state index in [0.717, 1.165) is 62.2 Å². The monoisotopic (exact) mass is 668 g/mol. The van der Waals surface area contributed by atoms with Gasteiger partial charge in [-0.05, 0) is 59.2 Å². The van der Waals surface area contributed by atoms with Crippen LogP contribution in [-0.4, -0.2) is 4.57 Å². The predicted octanol–water partition coefficient (Wildman–Crippen LogP) is 13.7. The summed E-state index contributed by atoms with van der Waals surface area (Å²) in [7, 11) is 0. The Morgan fingerprint density at radius 3 is 1.98 bits per heavy atom. The molecule has 2 heterocycles. The van der Waals surface area contributed by atoms with Gasteiger partial charge in [-0.2, -0.15) is 0 Å². The molecule has 0 aliphatic carbocycles. The SMILES string of the molecule is C=C(/C=C\C=C/Cn1c2ccccc2c2ccccc21)c1ccccc1N(c1cccc(-c2ccccc2)c1)c1cccc2c1oc1ccccc12. The van der Waals surface area contributed by atoms with E-state index in [1.165, 1.54) is 27.4 Å². The van der Waals surface area contributed by atoms with Crippen LogP contribution in [0.4, 0.5) is 17.1 Å². The Bertz CT molecular complexity index is 2740. The lowest BCUT2D eigenvalue weighted by Crippen LogP contribution is -2.12. The lowest BCUT2D eigenvalue weighted by Gasteiger charge is -2.28. The largest absolute Gasteiger partial charge is 0.454 e. The number of hydrogen-bond donors (Lipinski definition) is 0. The van der Waals surface area contributed by atoms with Crippen LogP contribution in [0.25, 0.3) is 60.4 Å². The maximum absolute atomic E-state index is 6.61. The molecule has 52 heavy (non-hydrogen) atoms. The van der Waals surface area contributed by atoms with Gasteiger partial charge < -0.3 is 13.9 Å². The molecule has 0 saturated carbocycles. The topological polar surface area (TPSA) is 21.3 Å². The van der Waals surface area contributed by atoms with Crippen LogP contribution in [0.15, 0.2) is 205 Å². The smallest absolute Gasteiger partial charge is 0.159 e. The third-order valence-corrected chi connectivity index (χ3v) is 9.84. The Morgan fingerprint density at radius 2 is 1.17 bits per heavy atom. The van der Waals surface area contributed by atoms with Gasteiger partial charge in [0.1, 0.15) is 5.58 Å². The van der Waals surface area contributed by atoms with E-state index >= 15 is 0 Å². The first-order valence-corrected chi connectivity index (χ1v) is 17.7. The highest BCUT2D eigenvalue weighted by molar-refractivity contribution is 6.11. The molecule has 3 heteroatoms. The number of para-hydroxylation sites is 5. The van der Waals surface area contributed by atoms with Gasteiger partial charge in [0.15, 0.2) is 5.58 Å². The Balaban J connectivity index is 1.10. The number of fused-ring (bicyclic) bond motifs is 6. The highest BCUT2D eigenvalue weighted by atomic mass is 16.3. The maximum atomic E-state index is 6.61. The van der Waals surface area contributed by atoms with E-state index in [0.29, 0.717) is 0 Å². The molecule has 0 atom stereocenters. The summed E-state index contributed by atoms with van der Waals surface area (Å²) in [5, 5.41) is 4.75. The summed E-state index contributed by atoms with van der Waals surface area (Å²) in [6, 6.07) is 59.6. The zero-order valence-electron chi connectivity index (χ0n) is 28.7. The second-order valence-electron chi connectivity index (χ2n) is 13.0. The van der Waals surface area contributed by atoms with Crippen molar-refractivity contribution in [3.63, 3.8) is 0 Å². The van der Waals surface area contributed by atoms with Gasteiger partial charge in [-0.25, -0.2) is 0 Å². The Hall–Kier alpha value is -6.84. The van der Waals surface area contributed by atoms with Crippen LogP contribution in [0.1, 0.15) is 5.56 Å². The number of anilines is 3. The number of hydrogen-bond acceptors (Lipinski definition) is 2. The Labute approximate surface area is 303 Å². The third-order valence-electron chi connectivity index (χ3n) is 9.84. The standard InChI is InChI=1S/C49H36N2O/c1-35(18-4-3-15-33-50-44-28-11-8-24-40(44)41-25-9-12-29-45(41)50)39-23-7-13-30-46(39)51(38-22-16-21-37(34-38)36-19-5-2-6-20-36)47-31-17-27-43-42-26-10-14-32-48(42)52-49(43)47/h2-32,34H,1,33H2/b15-3-,18-4-. The quantitative estimate of drug-likeness (QED) is 0.143. The predicted molar refractivity (Wildman–Crippen MR) is 221 cm³/mol. The summed E-state index contributed by atoms with van der Waals surface area (Å²) in [6.07, 6.45) is 8.51. The van der Waals surface area contributed by atoms with E-state index in [-0.39, 0.29) is 0 Å². The summed E-state index contributed by atoms with van der Waals surface area (Å²) >= 11 is 0. The number of furan rings is 1. The fraction of sp³-hybridized carbons (Fsp3) is 0.0204. The van der Waals surface area contributed by atoms with Gasteiger partial charge >= 0.3 is 0 Å². The normalized spacial score (nSPS) is 11.8. The maximum Gasteiger partial charge on any atom is 0.159 e. The van der Waals surface area contributed by atoms with Crippen LogP contribution in [0.3, 0.4) is 0 Å². The van der Waals surface area contributed by atoms with Crippen LogP contribution < -0.4 is 4.90 Å². The van der Waals surface area contributed by atoms with Gasteiger partial charge in [-0.15, -0.1) is 0 Å². The molecule has 0 aliphatic heterocycles. The van der Waals surface area contributed by atoms with E-state index < -0.39 is 0 Å². The second kappa shape index (κ2) is 13.5. The third kappa shape index (κ3) is 5.59. The molecule has 0 bridgehead atoms. The lowest BCUT2D eigenvalue weighted by atomic mass is 10.0.